The van der Waals surface area contributed by atoms with E-state index >= 15 is 0 Å². The predicted octanol–water partition coefficient (Wildman–Crippen LogP) is 2.32. The monoisotopic (exact) mass is 331 g/mol. The van der Waals surface area contributed by atoms with Crippen molar-refractivity contribution in [3.05, 3.63) is 52.0 Å². The lowest BCUT2D eigenvalue weighted by molar-refractivity contribution is -0.117. The van der Waals surface area contributed by atoms with Crippen molar-refractivity contribution in [1.29, 1.82) is 0 Å². The second-order valence-corrected chi connectivity index (χ2v) is 5.59. The van der Waals surface area contributed by atoms with Gasteiger partial charge in [-0.25, -0.2) is 4.98 Å². The van der Waals surface area contributed by atoms with Gasteiger partial charge in [-0.1, -0.05) is 0 Å². The number of benzene rings is 1. The number of hydrazine groups is 1. The van der Waals surface area contributed by atoms with Gasteiger partial charge < -0.3 is 4.74 Å². The number of thiazole rings is 1. The second-order valence-electron chi connectivity index (χ2n) is 4.53. The first-order chi connectivity index (χ1) is 11.1. The molecule has 120 valence electrons. The first kappa shape index (κ1) is 16.7. The summed E-state index contributed by atoms with van der Waals surface area (Å²) in [4.78, 5) is 27.7. The number of carbonyl (C=O) groups is 2. The third-order valence-corrected chi connectivity index (χ3v) is 3.56. The van der Waals surface area contributed by atoms with E-state index < -0.39 is 11.8 Å². The first-order valence-electron chi connectivity index (χ1n) is 7.02. The Morgan fingerprint density at radius 2 is 2.00 bits per heavy atom. The summed E-state index contributed by atoms with van der Waals surface area (Å²) in [6, 6.07) is 6.65. The molecule has 0 atom stereocenters. The molecule has 6 nitrogen and oxygen atoms in total. The zero-order valence-electron chi connectivity index (χ0n) is 12.8. The van der Waals surface area contributed by atoms with Crippen molar-refractivity contribution in [3.8, 4) is 5.75 Å². The molecule has 0 bridgehead atoms. The molecule has 1 aromatic heterocycles. The van der Waals surface area contributed by atoms with Crippen LogP contribution >= 0.6 is 11.3 Å². The highest BCUT2D eigenvalue weighted by molar-refractivity contribution is 7.09. The molecule has 2 aromatic rings. The number of rotatable bonds is 5. The van der Waals surface area contributed by atoms with E-state index in [0.717, 1.165) is 5.01 Å². The number of nitrogens with zero attached hydrogens (tertiary/aromatic N) is 1. The maximum Gasteiger partial charge on any atom is 0.269 e. The van der Waals surface area contributed by atoms with Crippen LogP contribution in [-0.4, -0.2) is 23.4 Å². The standard InChI is InChI=1S/C16H17N3O3S/c1-3-22-14-7-4-12(5-8-14)16(21)19-18-15(20)9-6-13-10-23-11(2)17-13/h4-10H,3H2,1-2H3,(H,18,20)(H,19,21)/b9-6+. The quantitative estimate of drug-likeness (QED) is 0.651. The van der Waals surface area contributed by atoms with Crippen molar-refractivity contribution in [1.82, 2.24) is 15.8 Å². The Balaban J connectivity index is 1.83. The van der Waals surface area contributed by atoms with Crippen LogP contribution in [0.3, 0.4) is 0 Å². The fourth-order valence-electron chi connectivity index (χ4n) is 1.72. The highest BCUT2D eigenvalue weighted by atomic mass is 32.1. The average molecular weight is 331 g/mol. The number of ether oxygens (including phenoxy) is 1. The lowest BCUT2D eigenvalue weighted by Gasteiger charge is -2.06. The van der Waals surface area contributed by atoms with Gasteiger partial charge in [-0.3, -0.25) is 20.4 Å². The highest BCUT2D eigenvalue weighted by Gasteiger charge is 2.06. The summed E-state index contributed by atoms with van der Waals surface area (Å²) in [6.07, 6.45) is 2.90. The Kier molecular flexibility index (Phi) is 5.87. The molecule has 0 aliphatic rings. The molecular formula is C16H17N3O3S. The lowest BCUT2D eigenvalue weighted by atomic mass is 10.2. The minimum absolute atomic E-state index is 0.403. The molecule has 2 amide bonds. The number of aromatic nitrogens is 1. The minimum Gasteiger partial charge on any atom is -0.494 e. The van der Waals surface area contributed by atoms with Gasteiger partial charge in [0.2, 0.25) is 0 Å². The Bertz CT molecular complexity index is 708. The van der Waals surface area contributed by atoms with E-state index in [1.165, 1.54) is 17.4 Å². The SMILES string of the molecule is CCOc1ccc(C(=O)NNC(=O)/C=C/c2csc(C)n2)cc1. The molecule has 0 saturated carbocycles. The van der Waals surface area contributed by atoms with E-state index in [9.17, 15) is 9.59 Å². The molecule has 0 unspecified atom stereocenters. The van der Waals surface area contributed by atoms with Crippen LogP contribution in [0.4, 0.5) is 0 Å². The van der Waals surface area contributed by atoms with Gasteiger partial charge in [-0.05, 0) is 44.2 Å². The minimum atomic E-state index is -0.435. The van der Waals surface area contributed by atoms with E-state index in [4.69, 9.17) is 4.74 Å². The molecule has 0 radical (unpaired) electrons. The van der Waals surface area contributed by atoms with Gasteiger partial charge in [0, 0.05) is 17.0 Å². The summed E-state index contributed by atoms with van der Waals surface area (Å²) >= 11 is 1.50. The molecule has 23 heavy (non-hydrogen) atoms. The molecule has 0 saturated heterocycles. The maximum atomic E-state index is 11.9. The van der Waals surface area contributed by atoms with Crippen molar-refractivity contribution in [2.75, 3.05) is 6.61 Å². The Morgan fingerprint density at radius 3 is 2.61 bits per heavy atom. The van der Waals surface area contributed by atoms with E-state index in [1.807, 2.05) is 19.2 Å². The lowest BCUT2D eigenvalue weighted by Crippen LogP contribution is -2.40. The second kappa shape index (κ2) is 8.09. The van der Waals surface area contributed by atoms with E-state index in [2.05, 4.69) is 15.8 Å². The predicted molar refractivity (Wildman–Crippen MR) is 89.1 cm³/mol. The number of carbonyl (C=O) groups excluding carboxylic acids is 2. The van der Waals surface area contributed by atoms with Gasteiger partial charge in [0.05, 0.1) is 17.3 Å². The Hall–Kier alpha value is -2.67. The van der Waals surface area contributed by atoms with Crippen LogP contribution < -0.4 is 15.6 Å². The largest absolute Gasteiger partial charge is 0.494 e. The average Bonchev–Trinajstić information content (AvgIpc) is 2.97. The Labute approximate surface area is 138 Å². The number of hydrogen-bond acceptors (Lipinski definition) is 5. The third-order valence-electron chi connectivity index (χ3n) is 2.77. The zero-order chi connectivity index (χ0) is 16.7. The van der Waals surface area contributed by atoms with Crippen LogP contribution in [0.5, 0.6) is 5.75 Å². The molecule has 1 heterocycles. The molecule has 2 rings (SSSR count). The van der Waals surface area contributed by atoms with E-state index in [-0.39, 0.29) is 0 Å². The van der Waals surface area contributed by atoms with Crippen LogP contribution in [0.2, 0.25) is 0 Å². The Morgan fingerprint density at radius 1 is 1.26 bits per heavy atom. The van der Waals surface area contributed by atoms with Crippen LogP contribution in [0.1, 0.15) is 28.0 Å². The van der Waals surface area contributed by atoms with Gasteiger partial charge in [0.25, 0.3) is 11.8 Å². The summed E-state index contributed by atoms with van der Waals surface area (Å²) in [5, 5.41) is 2.77. The van der Waals surface area contributed by atoms with Crippen LogP contribution in [0.15, 0.2) is 35.7 Å². The molecular weight excluding hydrogens is 314 g/mol. The highest BCUT2D eigenvalue weighted by Crippen LogP contribution is 2.12. The summed E-state index contributed by atoms with van der Waals surface area (Å²) in [5.74, 6) is -0.149. The van der Waals surface area contributed by atoms with Gasteiger partial charge >= 0.3 is 0 Å². The summed E-state index contributed by atoms with van der Waals surface area (Å²) < 4.78 is 5.30. The first-order valence-corrected chi connectivity index (χ1v) is 7.90. The molecule has 7 heteroatoms. The molecule has 0 fully saturated rings. The zero-order valence-corrected chi connectivity index (χ0v) is 13.6. The third kappa shape index (κ3) is 5.23. The van der Waals surface area contributed by atoms with Gasteiger partial charge in [0.1, 0.15) is 5.75 Å². The van der Waals surface area contributed by atoms with Crippen molar-refractivity contribution in [3.63, 3.8) is 0 Å². The summed E-state index contributed by atoms with van der Waals surface area (Å²) in [5.41, 5.74) is 5.79. The summed E-state index contributed by atoms with van der Waals surface area (Å²) in [7, 11) is 0. The summed E-state index contributed by atoms with van der Waals surface area (Å²) in [6.45, 7) is 4.34. The molecule has 2 N–H and O–H groups in total. The normalized spacial score (nSPS) is 10.5. The van der Waals surface area contributed by atoms with Crippen LogP contribution in [0.25, 0.3) is 6.08 Å². The molecule has 0 spiro atoms. The fourth-order valence-corrected chi connectivity index (χ4v) is 2.30. The van der Waals surface area contributed by atoms with Crippen LogP contribution in [0, 0.1) is 6.92 Å². The fraction of sp³-hybridized carbons (Fsp3) is 0.188. The number of aryl methyl sites for hydroxylation is 1. The molecule has 1 aromatic carbocycles. The van der Waals surface area contributed by atoms with Crippen LogP contribution in [-0.2, 0) is 4.79 Å². The maximum absolute atomic E-state index is 11.9. The van der Waals surface area contributed by atoms with Crippen molar-refractivity contribution < 1.29 is 14.3 Å². The number of hydrogen-bond donors (Lipinski definition) is 2. The van der Waals surface area contributed by atoms with Crippen molar-refractivity contribution in [2.45, 2.75) is 13.8 Å². The van der Waals surface area contributed by atoms with Gasteiger partial charge in [0.15, 0.2) is 0 Å². The van der Waals surface area contributed by atoms with Gasteiger partial charge in [-0.2, -0.15) is 0 Å². The number of amides is 2. The number of nitrogens with one attached hydrogen (secondary N) is 2. The smallest absolute Gasteiger partial charge is 0.269 e. The molecule has 0 aliphatic heterocycles. The van der Waals surface area contributed by atoms with Crippen molar-refractivity contribution >= 4 is 29.2 Å². The van der Waals surface area contributed by atoms with Gasteiger partial charge in [-0.15, -0.1) is 11.3 Å². The van der Waals surface area contributed by atoms with E-state index in [0.29, 0.717) is 23.6 Å². The molecule has 0 aliphatic carbocycles. The van der Waals surface area contributed by atoms with Crippen molar-refractivity contribution in [2.24, 2.45) is 0 Å². The van der Waals surface area contributed by atoms with E-state index in [1.54, 1.807) is 30.3 Å². The topological polar surface area (TPSA) is 80.3 Å².